The molecule has 0 aliphatic rings. The third-order valence-corrected chi connectivity index (χ3v) is 2.80. The molecule has 0 fully saturated rings. The van der Waals surface area contributed by atoms with Gasteiger partial charge in [-0.3, -0.25) is 0 Å². The number of ether oxygens (including phenoxy) is 1. The summed E-state index contributed by atoms with van der Waals surface area (Å²) in [7, 11) is 0. The van der Waals surface area contributed by atoms with Crippen LogP contribution in [-0.4, -0.2) is 24.0 Å². The van der Waals surface area contributed by atoms with Crippen LogP contribution < -0.4 is 10.5 Å². The third kappa shape index (κ3) is 3.60. The van der Waals surface area contributed by atoms with Crippen molar-refractivity contribution in [2.24, 2.45) is 5.73 Å². The van der Waals surface area contributed by atoms with Gasteiger partial charge in [-0.15, -0.1) is 0 Å². The Morgan fingerprint density at radius 2 is 2.06 bits per heavy atom. The van der Waals surface area contributed by atoms with Gasteiger partial charge in [0, 0.05) is 10.0 Å². The van der Waals surface area contributed by atoms with Crippen LogP contribution in [0.4, 0.5) is 13.2 Å². The van der Waals surface area contributed by atoms with E-state index in [1.165, 1.54) is 12.1 Å². The predicted octanol–water partition coefficient (Wildman–Crippen LogP) is 2.77. The summed E-state index contributed by atoms with van der Waals surface area (Å²) in [5.74, 6) is 0.233. The molecule has 1 aromatic carbocycles. The number of rotatable bonds is 4. The molecule has 102 valence electrons. The van der Waals surface area contributed by atoms with E-state index >= 15 is 0 Å². The van der Waals surface area contributed by atoms with Gasteiger partial charge in [0.2, 0.25) is 0 Å². The van der Waals surface area contributed by atoms with Crippen LogP contribution in [0.15, 0.2) is 22.7 Å². The number of benzene rings is 1. The molecule has 0 aliphatic heterocycles. The van der Waals surface area contributed by atoms with Gasteiger partial charge in [0.1, 0.15) is 5.75 Å². The van der Waals surface area contributed by atoms with Crippen LogP contribution in [0.2, 0.25) is 0 Å². The van der Waals surface area contributed by atoms with Gasteiger partial charge in [-0.2, -0.15) is 13.2 Å². The van der Waals surface area contributed by atoms with Gasteiger partial charge in [-0.25, -0.2) is 0 Å². The van der Waals surface area contributed by atoms with E-state index < -0.39 is 18.3 Å². The fraction of sp³-hybridized carbons (Fsp3) is 0.455. The Kier molecular flexibility index (Phi) is 5.01. The van der Waals surface area contributed by atoms with Gasteiger partial charge in [-0.1, -0.05) is 15.9 Å². The van der Waals surface area contributed by atoms with Crippen molar-refractivity contribution in [1.82, 2.24) is 0 Å². The topological polar surface area (TPSA) is 55.5 Å². The van der Waals surface area contributed by atoms with Crippen molar-refractivity contribution in [3.63, 3.8) is 0 Å². The number of halogens is 4. The molecular weight excluding hydrogens is 315 g/mol. The van der Waals surface area contributed by atoms with Crippen LogP contribution >= 0.6 is 15.9 Å². The smallest absolute Gasteiger partial charge is 0.416 e. The van der Waals surface area contributed by atoms with Crippen molar-refractivity contribution in [1.29, 1.82) is 0 Å². The lowest BCUT2D eigenvalue weighted by Crippen LogP contribution is -2.39. The third-order valence-electron chi connectivity index (χ3n) is 2.31. The van der Waals surface area contributed by atoms with Crippen molar-refractivity contribution in [2.75, 3.05) is 6.61 Å². The number of hydrogen-bond donors (Lipinski definition) is 2. The summed E-state index contributed by atoms with van der Waals surface area (Å²) in [4.78, 5) is 0. The molecule has 0 spiro atoms. The van der Waals surface area contributed by atoms with Crippen molar-refractivity contribution in [3.05, 3.63) is 28.2 Å². The van der Waals surface area contributed by atoms with E-state index in [0.717, 1.165) is 0 Å². The lowest BCUT2D eigenvalue weighted by molar-refractivity contribution is -0.210. The molecule has 3 N–H and O–H groups in total. The van der Waals surface area contributed by atoms with E-state index in [0.29, 0.717) is 11.1 Å². The maximum atomic E-state index is 12.4. The van der Waals surface area contributed by atoms with Crippen molar-refractivity contribution in [3.8, 4) is 5.75 Å². The van der Waals surface area contributed by atoms with Gasteiger partial charge in [0.15, 0.2) is 6.10 Å². The summed E-state index contributed by atoms with van der Waals surface area (Å²) in [5, 5.41) is 9.17. The Morgan fingerprint density at radius 1 is 1.44 bits per heavy atom. The SMILES string of the molecule is CCOc1ccc(Br)cc1[C@@H](N)[C@@H](O)C(F)(F)F. The Bertz CT molecular complexity index is 412. The maximum Gasteiger partial charge on any atom is 0.416 e. The van der Waals surface area contributed by atoms with Crippen molar-refractivity contribution >= 4 is 15.9 Å². The maximum absolute atomic E-state index is 12.4. The largest absolute Gasteiger partial charge is 0.494 e. The molecule has 0 bridgehead atoms. The van der Waals surface area contributed by atoms with E-state index in [4.69, 9.17) is 10.5 Å². The molecular formula is C11H13BrF3NO2. The number of hydrogen-bond acceptors (Lipinski definition) is 3. The zero-order valence-corrected chi connectivity index (χ0v) is 11.1. The molecule has 7 heteroatoms. The molecule has 0 unspecified atom stereocenters. The first-order chi connectivity index (χ1) is 8.27. The number of aliphatic hydroxyl groups excluding tert-OH is 1. The van der Waals surface area contributed by atoms with E-state index in [-0.39, 0.29) is 11.3 Å². The van der Waals surface area contributed by atoms with Gasteiger partial charge >= 0.3 is 6.18 Å². The lowest BCUT2D eigenvalue weighted by Gasteiger charge is -2.23. The average molecular weight is 328 g/mol. The molecule has 3 nitrogen and oxygen atoms in total. The minimum absolute atomic E-state index is 0.107. The first-order valence-corrected chi connectivity index (χ1v) is 5.99. The van der Waals surface area contributed by atoms with Gasteiger partial charge < -0.3 is 15.6 Å². The highest BCUT2D eigenvalue weighted by atomic mass is 79.9. The lowest BCUT2D eigenvalue weighted by atomic mass is 10.0. The van der Waals surface area contributed by atoms with Gasteiger partial charge in [-0.05, 0) is 25.1 Å². The zero-order chi connectivity index (χ0) is 13.9. The molecule has 0 radical (unpaired) electrons. The molecule has 0 saturated carbocycles. The molecule has 0 aromatic heterocycles. The zero-order valence-electron chi connectivity index (χ0n) is 9.54. The molecule has 0 amide bonds. The average Bonchev–Trinajstić information content (AvgIpc) is 2.28. The minimum atomic E-state index is -4.77. The monoisotopic (exact) mass is 327 g/mol. The van der Waals surface area contributed by atoms with Crippen molar-refractivity contribution < 1.29 is 23.0 Å². The first kappa shape index (κ1) is 15.3. The molecule has 1 rings (SSSR count). The summed E-state index contributed by atoms with van der Waals surface area (Å²) in [6.45, 7) is 2.00. The Hall–Kier alpha value is -0.790. The number of alkyl halides is 3. The highest BCUT2D eigenvalue weighted by molar-refractivity contribution is 9.10. The van der Waals surface area contributed by atoms with Crippen LogP contribution in [0.25, 0.3) is 0 Å². The summed E-state index contributed by atoms with van der Waals surface area (Å²) in [6, 6.07) is 2.95. The first-order valence-electron chi connectivity index (χ1n) is 5.20. The second-order valence-electron chi connectivity index (χ2n) is 3.63. The Morgan fingerprint density at radius 3 is 2.56 bits per heavy atom. The standard InChI is InChI=1S/C11H13BrF3NO2/c1-2-18-8-4-3-6(12)5-7(8)9(16)10(17)11(13,14)15/h3-5,9-10,17H,2,16H2,1H3/t9-,10-/m1/s1. The highest BCUT2D eigenvalue weighted by Crippen LogP contribution is 2.34. The van der Waals surface area contributed by atoms with Crippen LogP contribution in [0.1, 0.15) is 18.5 Å². The molecule has 2 atom stereocenters. The quantitative estimate of drug-likeness (QED) is 0.894. The van der Waals surface area contributed by atoms with E-state index in [1.54, 1.807) is 13.0 Å². The van der Waals surface area contributed by atoms with E-state index in [2.05, 4.69) is 15.9 Å². The normalized spacial score (nSPS) is 15.3. The van der Waals surface area contributed by atoms with Crippen molar-refractivity contribution in [2.45, 2.75) is 25.2 Å². The molecule has 0 saturated heterocycles. The molecule has 1 aromatic rings. The Labute approximate surface area is 111 Å². The fourth-order valence-corrected chi connectivity index (χ4v) is 1.82. The van der Waals surface area contributed by atoms with Crippen LogP contribution in [-0.2, 0) is 0 Å². The van der Waals surface area contributed by atoms with Gasteiger partial charge in [0.05, 0.1) is 12.6 Å². The second-order valence-corrected chi connectivity index (χ2v) is 4.54. The van der Waals surface area contributed by atoms with Crippen LogP contribution in [0.5, 0.6) is 5.75 Å². The van der Waals surface area contributed by atoms with Crippen LogP contribution in [0, 0.1) is 0 Å². The molecule has 0 aliphatic carbocycles. The minimum Gasteiger partial charge on any atom is -0.494 e. The summed E-state index contributed by atoms with van der Waals surface area (Å²) in [5.41, 5.74) is 5.56. The van der Waals surface area contributed by atoms with Crippen LogP contribution in [0.3, 0.4) is 0 Å². The molecule has 0 heterocycles. The summed E-state index contributed by atoms with van der Waals surface area (Å²) >= 11 is 3.14. The predicted molar refractivity (Wildman–Crippen MR) is 64.3 cm³/mol. The summed E-state index contributed by atoms with van der Waals surface area (Å²) in [6.07, 6.45) is -7.41. The Balaban J connectivity index is 3.10. The highest BCUT2D eigenvalue weighted by Gasteiger charge is 2.43. The van der Waals surface area contributed by atoms with E-state index in [9.17, 15) is 18.3 Å². The second kappa shape index (κ2) is 5.90. The number of aliphatic hydroxyl groups is 1. The fourth-order valence-electron chi connectivity index (χ4n) is 1.44. The van der Waals surface area contributed by atoms with E-state index in [1.807, 2.05) is 0 Å². The number of nitrogens with two attached hydrogens (primary N) is 1. The summed E-state index contributed by atoms with van der Waals surface area (Å²) < 4.78 is 43.0. The van der Waals surface area contributed by atoms with Gasteiger partial charge in [0.25, 0.3) is 0 Å². The molecule has 18 heavy (non-hydrogen) atoms.